The van der Waals surface area contributed by atoms with Gasteiger partial charge in [-0.1, -0.05) is 18.6 Å². The average molecular weight is 432 g/mol. The Morgan fingerprint density at radius 2 is 1.80 bits per heavy atom. The molecule has 1 amide bonds. The molecule has 1 aliphatic heterocycles. The molecule has 2 heterocycles. The molecule has 0 unspecified atom stereocenters. The molecule has 1 aliphatic rings. The van der Waals surface area contributed by atoms with Gasteiger partial charge >= 0.3 is 5.97 Å². The molecule has 1 fully saturated rings. The van der Waals surface area contributed by atoms with Crippen molar-refractivity contribution < 1.29 is 22.7 Å². The SMILES string of the molecule is CCOC(=O)c1ccc(C(=O)Nc2ccccc2S(=O)(=O)N2CCCCC2)nc1C. The summed E-state index contributed by atoms with van der Waals surface area (Å²) >= 11 is 0. The number of pyridine rings is 1. The summed E-state index contributed by atoms with van der Waals surface area (Å²) in [5, 5.41) is 2.65. The highest BCUT2D eigenvalue weighted by Crippen LogP contribution is 2.27. The normalized spacial score (nSPS) is 14.9. The van der Waals surface area contributed by atoms with Gasteiger partial charge < -0.3 is 10.1 Å². The highest BCUT2D eigenvalue weighted by atomic mass is 32.2. The van der Waals surface area contributed by atoms with Crippen LogP contribution in [0.5, 0.6) is 0 Å². The van der Waals surface area contributed by atoms with E-state index in [-0.39, 0.29) is 28.4 Å². The number of sulfonamides is 1. The topological polar surface area (TPSA) is 106 Å². The Morgan fingerprint density at radius 1 is 1.10 bits per heavy atom. The van der Waals surface area contributed by atoms with Gasteiger partial charge in [-0.15, -0.1) is 0 Å². The van der Waals surface area contributed by atoms with Crippen LogP contribution in [0.15, 0.2) is 41.3 Å². The van der Waals surface area contributed by atoms with Gasteiger partial charge in [-0.3, -0.25) is 4.79 Å². The summed E-state index contributed by atoms with van der Waals surface area (Å²) in [5.74, 6) is -1.07. The lowest BCUT2D eigenvalue weighted by molar-refractivity contribution is 0.0524. The maximum absolute atomic E-state index is 13.1. The number of aryl methyl sites for hydroxylation is 1. The van der Waals surface area contributed by atoms with Crippen LogP contribution in [0.4, 0.5) is 5.69 Å². The number of benzene rings is 1. The minimum atomic E-state index is -3.72. The van der Waals surface area contributed by atoms with Crippen LogP contribution in [-0.2, 0) is 14.8 Å². The molecule has 1 aromatic carbocycles. The van der Waals surface area contributed by atoms with Gasteiger partial charge in [0.2, 0.25) is 10.0 Å². The van der Waals surface area contributed by atoms with Crippen LogP contribution < -0.4 is 5.32 Å². The predicted molar refractivity (Wildman–Crippen MR) is 112 cm³/mol. The maximum Gasteiger partial charge on any atom is 0.339 e. The van der Waals surface area contributed by atoms with Crippen LogP contribution in [0.25, 0.3) is 0 Å². The summed E-state index contributed by atoms with van der Waals surface area (Å²) in [7, 11) is -3.72. The van der Waals surface area contributed by atoms with E-state index in [1.807, 2.05) is 0 Å². The average Bonchev–Trinajstić information content (AvgIpc) is 2.74. The number of carbonyl (C=O) groups excluding carboxylic acids is 2. The molecule has 3 rings (SSSR count). The molecule has 1 aromatic heterocycles. The fraction of sp³-hybridized carbons (Fsp3) is 0.381. The lowest BCUT2D eigenvalue weighted by atomic mass is 10.2. The van der Waals surface area contributed by atoms with Crippen molar-refractivity contribution in [1.29, 1.82) is 0 Å². The minimum Gasteiger partial charge on any atom is -0.462 e. The molecule has 160 valence electrons. The van der Waals surface area contributed by atoms with E-state index in [1.165, 1.54) is 22.5 Å². The highest BCUT2D eigenvalue weighted by Gasteiger charge is 2.28. The number of amides is 1. The molecule has 0 aliphatic carbocycles. The quantitative estimate of drug-likeness (QED) is 0.705. The number of nitrogens with zero attached hydrogens (tertiary/aromatic N) is 2. The van der Waals surface area contributed by atoms with Crippen molar-refractivity contribution >= 4 is 27.6 Å². The van der Waals surface area contributed by atoms with Crippen molar-refractivity contribution in [3.05, 3.63) is 53.3 Å². The summed E-state index contributed by atoms with van der Waals surface area (Å²) in [6.45, 7) is 4.50. The van der Waals surface area contributed by atoms with Gasteiger partial charge in [-0.2, -0.15) is 4.31 Å². The van der Waals surface area contributed by atoms with E-state index in [1.54, 1.807) is 32.0 Å². The van der Waals surface area contributed by atoms with Crippen LogP contribution >= 0.6 is 0 Å². The number of hydrogen-bond donors (Lipinski definition) is 1. The summed E-state index contributed by atoms with van der Waals surface area (Å²) in [6.07, 6.45) is 2.66. The molecule has 9 heteroatoms. The van der Waals surface area contributed by atoms with Crippen LogP contribution in [0, 0.1) is 6.92 Å². The Morgan fingerprint density at radius 3 is 2.47 bits per heavy atom. The highest BCUT2D eigenvalue weighted by molar-refractivity contribution is 7.89. The largest absolute Gasteiger partial charge is 0.462 e. The zero-order valence-corrected chi connectivity index (χ0v) is 17.9. The molecule has 0 spiro atoms. The Labute approximate surface area is 176 Å². The van der Waals surface area contributed by atoms with Crippen molar-refractivity contribution in [3.8, 4) is 0 Å². The second-order valence-corrected chi connectivity index (χ2v) is 8.87. The lowest BCUT2D eigenvalue weighted by Gasteiger charge is -2.26. The molecule has 1 saturated heterocycles. The Hall–Kier alpha value is -2.78. The second kappa shape index (κ2) is 9.36. The van der Waals surface area contributed by atoms with E-state index in [4.69, 9.17) is 4.74 Å². The molecule has 30 heavy (non-hydrogen) atoms. The first kappa shape index (κ1) is 21.9. The number of anilines is 1. The zero-order valence-electron chi connectivity index (χ0n) is 17.1. The van der Waals surface area contributed by atoms with E-state index in [0.29, 0.717) is 18.8 Å². The summed E-state index contributed by atoms with van der Waals surface area (Å²) in [6, 6.07) is 9.22. The molecule has 0 saturated carbocycles. The smallest absolute Gasteiger partial charge is 0.339 e. The van der Waals surface area contributed by atoms with Crippen molar-refractivity contribution in [3.63, 3.8) is 0 Å². The van der Waals surface area contributed by atoms with Crippen molar-refractivity contribution in [2.75, 3.05) is 25.0 Å². The van der Waals surface area contributed by atoms with Gasteiger partial charge in [0, 0.05) is 13.1 Å². The molecule has 1 N–H and O–H groups in total. The Balaban J connectivity index is 1.84. The maximum atomic E-state index is 13.1. The van der Waals surface area contributed by atoms with Crippen molar-refractivity contribution in [1.82, 2.24) is 9.29 Å². The van der Waals surface area contributed by atoms with E-state index >= 15 is 0 Å². The van der Waals surface area contributed by atoms with Gasteiger partial charge in [0.15, 0.2) is 0 Å². The molecular weight excluding hydrogens is 406 g/mol. The zero-order chi connectivity index (χ0) is 21.7. The van der Waals surface area contributed by atoms with Gasteiger partial charge in [-0.25, -0.2) is 18.2 Å². The van der Waals surface area contributed by atoms with Crippen LogP contribution in [0.1, 0.15) is 52.7 Å². The number of esters is 1. The third kappa shape index (κ3) is 4.68. The number of hydrogen-bond acceptors (Lipinski definition) is 6. The molecular formula is C21H25N3O5S. The number of ether oxygens (including phenoxy) is 1. The van der Waals surface area contributed by atoms with E-state index in [2.05, 4.69) is 10.3 Å². The number of piperidine rings is 1. The van der Waals surface area contributed by atoms with Crippen molar-refractivity contribution in [2.24, 2.45) is 0 Å². The van der Waals surface area contributed by atoms with E-state index < -0.39 is 21.9 Å². The fourth-order valence-corrected chi connectivity index (χ4v) is 5.00. The minimum absolute atomic E-state index is 0.0557. The molecule has 0 bridgehead atoms. The number of aromatic nitrogens is 1. The predicted octanol–water partition coefficient (Wildman–Crippen LogP) is 2.99. The number of para-hydroxylation sites is 1. The molecule has 8 nitrogen and oxygen atoms in total. The standard InChI is InChI=1S/C21H25N3O5S/c1-3-29-21(26)16-11-12-18(22-15(16)2)20(25)23-17-9-5-6-10-19(17)30(27,28)24-13-7-4-8-14-24/h5-6,9-12H,3-4,7-8,13-14H2,1-2H3,(H,23,25). The van der Waals surface area contributed by atoms with Crippen LogP contribution in [-0.4, -0.2) is 49.3 Å². The molecule has 0 radical (unpaired) electrons. The Kier molecular flexibility index (Phi) is 6.84. The van der Waals surface area contributed by atoms with Gasteiger partial charge in [-0.05, 0) is 51.0 Å². The summed E-state index contributed by atoms with van der Waals surface area (Å²) in [4.78, 5) is 28.9. The molecule has 2 aromatic rings. The van der Waals surface area contributed by atoms with Gasteiger partial charge in [0.25, 0.3) is 5.91 Å². The first-order valence-electron chi connectivity index (χ1n) is 9.90. The fourth-order valence-electron chi connectivity index (χ4n) is 3.34. The summed E-state index contributed by atoms with van der Waals surface area (Å²) < 4.78 is 32.6. The van der Waals surface area contributed by atoms with Gasteiger partial charge in [0.05, 0.1) is 23.6 Å². The monoisotopic (exact) mass is 431 g/mol. The summed E-state index contributed by atoms with van der Waals surface area (Å²) in [5.41, 5.74) is 0.907. The van der Waals surface area contributed by atoms with Crippen LogP contribution in [0.3, 0.4) is 0 Å². The lowest BCUT2D eigenvalue weighted by Crippen LogP contribution is -2.36. The van der Waals surface area contributed by atoms with E-state index in [9.17, 15) is 18.0 Å². The third-order valence-corrected chi connectivity index (χ3v) is 6.84. The van der Waals surface area contributed by atoms with Crippen LogP contribution in [0.2, 0.25) is 0 Å². The first-order chi connectivity index (χ1) is 14.3. The molecule has 0 atom stereocenters. The number of carbonyl (C=O) groups is 2. The third-order valence-electron chi connectivity index (χ3n) is 4.88. The van der Waals surface area contributed by atoms with Gasteiger partial charge in [0.1, 0.15) is 10.6 Å². The second-order valence-electron chi connectivity index (χ2n) is 6.96. The van der Waals surface area contributed by atoms with Crippen molar-refractivity contribution in [2.45, 2.75) is 38.0 Å². The first-order valence-corrected chi connectivity index (χ1v) is 11.3. The Bertz CT molecular complexity index is 1050. The number of rotatable bonds is 6. The number of nitrogens with one attached hydrogen (secondary N) is 1. The van der Waals surface area contributed by atoms with E-state index in [0.717, 1.165) is 19.3 Å².